The number of ether oxygens (including phenoxy) is 1. The van der Waals surface area contributed by atoms with Crippen LogP contribution in [0.25, 0.3) is 16.7 Å². The van der Waals surface area contributed by atoms with E-state index >= 15 is 0 Å². The Labute approximate surface area is 168 Å². The second-order valence-corrected chi connectivity index (χ2v) is 6.91. The summed E-state index contributed by atoms with van der Waals surface area (Å²) < 4.78 is 6.99. The highest BCUT2D eigenvalue weighted by Crippen LogP contribution is 2.25. The van der Waals surface area contributed by atoms with E-state index in [2.05, 4.69) is 32.5 Å². The SMILES string of the molecule is COc1ccc(CCNc2ncnc3c2cnn3-c2cc(Cl)ccc2C)cc1. The number of halogens is 1. The van der Waals surface area contributed by atoms with Crippen molar-refractivity contribution in [3.05, 3.63) is 71.1 Å². The van der Waals surface area contributed by atoms with Gasteiger partial charge >= 0.3 is 0 Å². The Bertz CT molecular complexity index is 1110. The quantitative estimate of drug-likeness (QED) is 0.524. The zero-order valence-electron chi connectivity index (χ0n) is 15.7. The minimum absolute atomic E-state index is 0.663. The van der Waals surface area contributed by atoms with Gasteiger partial charge in [-0.1, -0.05) is 29.8 Å². The molecular weight excluding hydrogens is 374 g/mol. The summed E-state index contributed by atoms with van der Waals surface area (Å²) in [6, 6.07) is 13.8. The molecule has 0 saturated heterocycles. The van der Waals surface area contributed by atoms with Gasteiger partial charge in [-0.3, -0.25) is 0 Å². The number of nitrogens with one attached hydrogen (secondary N) is 1. The molecule has 0 radical (unpaired) electrons. The van der Waals surface area contributed by atoms with Gasteiger partial charge in [0.1, 0.15) is 17.9 Å². The second kappa shape index (κ2) is 7.86. The van der Waals surface area contributed by atoms with Crippen molar-refractivity contribution in [3.8, 4) is 11.4 Å². The summed E-state index contributed by atoms with van der Waals surface area (Å²) in [5.41, 5.74) is 3.95. The van der Waals surface area contributed by atoms with E-state index in [0.717, 1.165) is 46.8 Å². The second-order valence-electron chi connectivity index (χ2n) is 6.47. The van der Waals surface area contributed by atoms with E-state index in [0.29, 0.717) is 5.02 Å². The summed E-state index contributed by atoms with van der Waals surface area (Å²) in [5.74, 6) is 1.63. The van der Waals surface area contributed by atoms with Crippen LogP contribution < -0.4 is 10.1 Å². The molecule has 0 amide bonds. The molecule has 6 nitrogen and oxygen atoms in total. The first-order valence-electron chi connectivity index (χ1n) is 8.98. The van der Waals surface area contributed by atoms with Gasteiger partial charge in [0.25, 0.3) is 0 Å². The Balaban J connectivity index is 1.55. The lowest BCUT2D eigenvalue weighted by molar-refractivity contribution is 0.414. The topological polar surface area (TPSA) is 64.9 Å². The van der Waals surface area contributed by atoms with E-state index in [-0.39, 0.29) is 0 Å². The molecule has 2 heterocycles. The fraction of sp³-hybridized carbons (Fsp3) is 0.190. The van der Waals surface area contributed by atoms with Crippen molar-refractivity contribution in [1.82, 2.24) is 19.7 Å². The highest BCUT2D eigenvalue weighted by molar-refractivity contribution is 6.30. The lowest BCUT2D eigenvalue weighted by atomic mass is 10.1. The minimum atomic E-state index is 0.663. The number of rotatable bonds is 6. The van der Waals surface area contributed by atoms with Crippen molar-refractivity contribution in [2.45, 2.75) is 13.3 Å². The fourth-order valence-corrected chi connectivity index (χ4v) is 3.26. The van der Waals surface area contributed by atoms with Gasteiger partial charge in [-0.15, -0.1) is 0 Å². The van der Waals surface area contributed by atoms with Gasteiger partial charge in [0.05, 0.1) is 24.4 Å². The summed E-state index contributed by atoms with van der Waals surface area (Å²) in [6.07, 6.45) is 4.21. The van der Waals surface area contributed by atoms with Crippen molar-refractivity contribution in [2.75, 3.05) is 19.0 Å². The maximum atomic E-state index is 6.17. The van der Waals surface area contributed by atoms with Crippen molar-refractivity contribution in [3.63, 3.8) is 0 Å². The van der Waals surface area contributed by atoms with Crippen LogP contribution in [-0.4, -0.2) is 33.4 Å². The van der Waals surface area contributed by atoms with Gasteiger partial charge in [0, 0.05) is 11.6 Å². The third-order valence-electron chi connectivity index (χ3n) is 4.63. The van der Waals surface area contributed by atoms with Crippen molar-refractivity contribution < 1.29 is 4.74 Å². The lowest BCUT2D eigenvalue weighted by Gasteiger charge is -2.09. The zero-order valence-corrected chi connectivity index (χ0v) is 16.4. The Kier molecular flexibility index (Phi) is 5.12. The summed E-state index contributed by atoms with van der Waals surface area (Å²) in [7, 11) is 1.67. The van der Waals surface area contributed by atoms with E-state index < -0.39 is 0 Å². The number of aromatic nitrogens is 4. The summed E-state index contributed by atoms with van der Waals surface area (Å²) in [4.78, 5) is 8.82. The number of methoxy groups -OCH3 is 1. The van der Waals surface area contributed by atoms with Crippen LogP contribution >= 0.6 is 11.6 Å². The van der Waals surface area contributed by atoms with Crippen LogP contribution in [0.15, 0.2) is 55.0 Å². The molecule has 4 aromatic rings. The third kappa shape index (κ3) is 3.64. The average molecular weight is 394 g/mol. The zero-order chi connectivity index (χ0) is 19.5. The van der Waals surface area contributed by atoms with Crippen LogP contribution in [0.4, 0.5) is 5.82 Å². The van der Waals surface area contributed by atoms with Crippen LogP contribution in [0.3, 0.4) is 0 Å². The van der Waals surface area contributed by atoms with Gasteiger partial charge in [-0.25, -0.2) is 14.6 Å². The Morgan fingerprint density at radius 1 is 1.11 bits per heavy atom. The van der Waals surface area contributed by atoms with E-state index in [9.17, 15) is 0 Å². The molecule has 0 saturated carbocycles. The molecule has 1 N–H and O–H groups in total. The minimum Gasteiger partial charge on any atom is -0.497 e. The number of nitrogens with zero attached hydrogens (tertiary/aromatic N) is 4. The smallest absolute Gasteiger partial charge is 0.168 e. The Morgan fingerprint density at radius 3 is 2.71 bits per heavy atom. The number of hydrogen-bond acceptors (Lipinski definition) is 5. The first-order chi connectivity index (χ1) is 13.7. The molecule has 0 atom stereocenters. The molecule has 0 unspecified atom stereocenters. The van der Waals surface area contributed by atoms with Crippen molar-refractivity contribution in [2.24, 2.45) is 0 Å². The maximum Gasteiger partial charge on any atom is 0.168 e. The molecule has 2 aromatic heterocycles. The van der Waals surface area contributed by atoms with E-state index in [1.807, 2.05) is 37.3 Å². The molecule has 0 bridgehead atoms. The number of fused-ring (bicyclic) bond motifs is 1. The molecule has 28 heavy (non-hydrogen) atoms. The monoisotopic (exact) mass is 393 g/mol. The lowest BCUT2D eigenvalue weighted by Crippen LogP contribution is -2.07. The van der Waals surface area contributed by atoms with Gasteiger partial charge < -0.3 is 10.1 Å². The predicted molar refractivity (Wildman–Crippen MR) is 112 cm³/mol. The highest BCUT2D eigenvalue weighted by Gasteiger charge is 2.12. The molecular formula is C21H20ClN5O. The number of anilines is 1. The summed E-state index contributed by atoms with van der Waals surface area (Å²) in [6.45, 7) is 2.77. The maximum absolute atomic E-state index is 6.17. The number of hydrogen-bond donors (Lipinski definition) is 1. The largest absolute Gasteiger partial charge is 0.497 e. The Morgan fingerprint density at radius 2 is 1.93 bits per heavy atom. The number of benzene rings is 2. The molecule has 0 aliphatic carbocycles. The van der Waals surface area contributed by atoms with Crippen LogP contribution in [0, 0.1) is 6.92 Å². The van der Waals surface area contributed by atoms with E-state index in [1.54, 1.807) is 24.3 Å². The molecule has 142 valence electrons. The molecule has 0 aliphatic heterocycles. The molecule has 0 spiro atoms. The molecule has 4 rings (SSSR count). The van der Waals surface area contributed by atoms with Crippen LogP contribution in [-0.2, 0) is 6.42 Å². The van der Waals surface area contributed by atoms with Gasteiger partial charge in [0.2, 0.25) is 0 Å². The van der Waals surface area contributed by atoms with Crippen molar-refractivity contribution >= 4 is 28.5 Å². The van der Waals surface area contributed by atoms with Crippen LogP contribution in [0.5, 0.6) is 5.75 Å². The number of aryl methyl sites for hydroxylation is 1. The van der Waals surface area contributed by atoms with Gasteiger partial charge in [0.15, 0.2) is 5.65 Å². The summed E-state index contributed by atoms with van der Waals surface area (Å²) in [5, 5.41) is 9.44. The van der Waals surface area contributed by atoms with Gasteiger partial charge in [-0.05, 0) is 48.7 Å². The Hall–Kier alpha value is -3.12. The highest BCUT2D eigenvalue weighted by atomic mass is 35.5. The fourth-order valence-electron chi connectivity index (χ4n) is 3.09. The third-order valence-corrected chi connectivity index (χ3v) is 4.87. The predicted octanol–water partition coefficient (Wildman–Crippen LogP) is 4.44. The van der Waals surface area contributed by atoms with Crippen LogP contribution in [0.2, 0.25) is 5.02 Å². The first kappa shape index (κ1) is 18.3. The van der Waals surface area contributed by atoms with Crippen LogP contribution in [0.1, 0.15) is 11.1 Å². The summed E-state index contributed by atoms with van der Waals surface area (Å²) >= 11 is 6.17. The molecule has 2 aromatic carbocycles. The van der Waals surface area contributed by atoms with E-state index in [1.165, 1.54) is 5.56 Å². The van der Waals surface area contributed by atoms with Crippen molar-refractivity contribution in [1.29, 1.82) is 0 Å². The molecule has 7 heteroatoms. The standard InChI is InChI=1S/C21H20ClN5O/c1-14-3-6-16(22)11-19(14)27-21-18(12-26-27)20(24-13-25-21)23-10-9-15-4-7-17(28-2)8-5-15/h3-8,11-13H,9-10H2,1-2H3,(H,23,24,25). The molecule has 0 aliphatic rings. The normalized spacial score (nSPS) is 11.0. The first-order valence-corrected chi connectivity index (χ1v) is 9.35. The average Bonchev–Trinajstić information content (AvgIpc) is 3.15. The molecule has 0 fully saturated rings. The van der Waals surface area contributed by atoms with Gasteiger partial charge in [-0.2, -0.15) is 5.10 Å². The van der Waals surface area contributed by atoms with E-state index in [4.69, 9.17) is 16.3 Å².